The van der Waals surface area contributed by atoms with Crippen molar-refractivity contribution in [3.05, 3.63) is 24.0 Å². The van der Waals surface area contributed by atoms with E-state index in [2.05, 4.69) is 10.6 Å². The molecule has 1 aromatic rings. The van der Waals surface area contributed by atoms with Crippen molar-refractivity contribution in [2.45, 2.75) is 24.3 Å². The van der Waals surface area contributed by atoms with Crippen LogP contribution in [0.4, 0.5) is 23.7 Å². The third-order valence-corrected chi connectivity index (χ3v) is 3.29. The van der Waals surface area contributed by atoms with Crippen molar-refractivity contribution < 1.29 is 23.1 Å². The second kappa shape index (κ2) is 8.01. The van der Waals surface area contributed by atoms with E-state index >= 15 is 0 Å². The highest BCUT2D eigenvalue weighted by Gasteiger charge is 2.12. The molecule has 1 rings (SSSR count). The van der Waals surface area contributed by atoms with Crippen molar-refractivity contribution in [3.63, 3.8) is 0 Å². The Morgan fingerprint density at radius 2 is 2.15 bits per heavy atom. The van der Waals surface area contributed by atoms with E-state index in [9.17, 15) is 18.0 Å². The summed E-state index contributed by atoms with van der Waals surface area (Å²) in [7, 11) is 0. The van der Waals surface area contributed by atoms with Crippen LogP contribution in [0.3, 0.4) is 0 Å². The summed E-state index contributed by atoms with van der Waals surface area (Å²) in [6, 6.07) is 2.40. The van der Waals surface area contributed by atoms with Gasteiger partial charge in [0.05, 0.1) is 24.1 Å². The van der Waals surface area contributed by atoms with Gasteiger partial charge in [0, 0.05) is 4.90 Å². The number of thioether (sulfide) groups is 1. The Hall–Kier alpha value is -1.41. The number of aliphatic hydroxyl groups excluding tert-OH is 1. The molecular weight excluding hydrogens is 293 g/mol. The molecule has 0 aliphatic rings. The summed E-state index contributed by atoms with van der Waals surface area (Å²) in [4.78, 5) is 11.9. The first-order valence-corrected chi connectivity index (χ1v) is 6.79. The zero-order chi connectivity index (χ0) is 15.1. The van der Waals surface area contributed by atoms with Crippen LogP contribution in [-0.2, 0) is 0 Å². The van der Waals surface area contributed by atoms with Crippen molar-refractivity contribution in [2.24, 2.45) is 0 Å². The number of carbonyl (C=O) groups is 1. The van der Waals surface area contributed by atoms with Gasteiger partial charge in [-0.15, -0.1) is 11.8 Å². The number of hydrogen-bond donors (Lipinski definition) is 3. The molecule has 112 valence electrons. The molecule has 0 saturated heterocycles. The first kappa shape index (κ1) is 16.6. The lowest BCUT2D eigenvalue weighted by Gasteiger charge is -2.14. The fourth-order valence-corrected chi connectivity index (χ4v) is 2.04. The molecule has 8 heteroatoms. The minimum atomic E-state index is -2.50. The van der Waals surface area contributed by atoms with Gasteiger partial charge in [-0.2, -0.15) is 0 Å². The zero-order valence-corrected chi connectivity index (χ0v) is 11.5. The van der Waals surface area contributed by atoms with Gasteiger partial charge in [0.1, 0.15) is 5.82 Å². The van der Waals surface area contributed by atoms with Gasteiger partial charge in [-0.25, -0.2) is 18.0 Å². The van der Waals surface area contributed by atoms with Crippen LogP contribution in [0.2, 0.25) is 0 Å². The van der Waals surface area contributed by atoms with E-state index in [4.69, 9.17) is 5.11 Å². The van der Waals surface area contributed by atoms with Crippen molar-refractivity contribution in [2.75, 3.05) is 17.7 Å². The van der Waals surface area contributed by atoms with E-state index < -0.39 is 30.1 Å². The maximum atomic E-state index is 13.2. The molecule has 20 heavy (non-hydrogen) atoms. The minimum absolute atomic E-state index is 0.110. The van der Waals surface area contributed by atoms with E-state index in [0.717, 1.165) is 23.9 Å². The first-order valence-electron chi connectivity index (χ1n) is 5.81. The summed E-state index contributed by atoms with van der Waals surface area (Å²) in [6.45, 7) is 1.33. The molecule has 0 aliphatic carbocycles. The number of amides is 2. The number of aliphatic hydroxyl groups is 1. The summed E-state index contributed by atoms with van der Waals surface area (Å²) in [5.41, 5.74) is 0.110. The number of benzene rings is 1. The summed E-state index contributed by atoms with van der Waals surface area (Å²) >= 11 is 0.822. The third-order valence-electron chi connectivity index (χ3n) is 2.21. The Labute approximate surface area is 118 Å². The van der Waals surface area contributed by atoms with E-state index in [-0.39, 0.29) is 12.3 Å². The molecule has 1 unspecified atom stereocenters. The van der Waals surface area contributed by atoms with Gasteiger partial charge in [-0.3, -0.25) is 0 Å². The van der Waals surface area contributed by atoms with Gasteiger partial charge in [-0.1, -0.05) is 0 Å². The smallest absolute Gasteiger partial charge is 0.319 e. The van der Waals surface area contributed by atoms with Crippen molar-refractivity contribution in [1.29, 1.82) is 0 Å². The Kier molecular flexibility index (Phi) is 6.66. The molecule has 2 amide bonds. The number of anilines is 1. The molecule has 0 saturated carbocycles. The Balaban J connectivity index is 2.76. The highest BCUT2D eigenvalue weighted by molar-refractivity contribution is 7.99. The standard InChI is InChI=1S/C12H15F3N2O2S/c1-7(5-18)16-12(19)17-9-4-8(13)2-3-10(9)20-6-11(14)15/h2-4,7,11,18H,5-6H2,1H3,(H2,16,17,19). The number of urea groups is 1. The predicted octanol–water partition coefficient (Wildman–Crippen LogP) is 2.69. The van der Waals surface area contributed by atoms with E-state index in [1.165, 1.54) is 6.07 Å². The third kappa shape index (κ3) is 5.70. The number of nitrogens with one attached hydrogen (secondary N) is 2. The minimum Gasteiger partial charge on any atom is -0.394 e. The van der Waals surface area contributed by atoms with Crippen LogP contribution in [0.5, 0.6) is 0 Å². The fraction of sp³-hybridized carbons (Fsp3) is 0.417. The van der Waals surface area contributed by atoms with Gasteiger partial charge in [0.25, 0.3) is 0 Å². The molecule has 0 aliphatic heterocycles. The van der Waals surface area contributed by atoms with Crippen LogP contribution < -0.4 is 10.6 Å². The molecule has 0 radical (unpaired) electrons. The molecule has 4 nitrogen and oxygen atoms in total. The number of rotatable bonds is 6. The van der Waals surface area contributed by atoms with Crippen LogP contribution >= 0.6 is 11.8 Å². The van der Waals surface area contributed by atoms with Gasteiger partial charge >= 0.3 is 6.03 Å². The summed E-state index contributed by atoms with van der Waals surface area (Å²) in [5, 5.41) is 13.6. The van der Waals surface area contributed by atoms with Crippen LogP contribution in [-0.4, -0.2) is 36.0 Å². The quantitative estimate of drug-likeness (QED) is 0.708. The van der Waals surface area contributed by atoms with Gasteiger partial charge < -0.3 is 15.7 Å². The van der Waals surface area contributed by atoms with E-state index in [1.807, 2.05) is 0 Å². The van der Waals surface area contributed by atoms with Crippen molar-refractivity contribution >= 4 is 23.5 Å². The Morgan fingerprint density at radius 1 is 1.45 bits per heavy atom. The van der Waals surface area contributed by atoms with Crippen molar-refractivity contribution in [3.8, 4) is 0 Å². The Morgan fingerprint density at radius 3 is 2.75 bits per heavy atom. The molecule has 1 atom stereocenters. The monoisotopic (exact) mass is 308 g/mol. The van der Waals surface area contributed by atoms with Gasteiger partial charge in [0.2, 0.25) is 6.43 Å². The fourth-order valence-electron chi connectivity index (χ4n) is 1.31. The SMILES string of the molecule is CC(CO)NC(=O)Nc1cc(F)ccc1SCC(F)F. The van der Waals surface area contributed by atoms with Crippen LogP contribution in [0, 0.1) is 5.82 Å². The highest BCUT2D eigenvalue weighted by atomic mass is 32.2. The lowest BCUT2D eigenvalue weighted by atomic mass is 10.3. The normalized spacial score (nSPS) is 12.3. The summed E-state index contributed by atoms with van der Waals surface area (Å²) in [5.74, 6) is -1.04. The number of carbonyl (C=O) groups excluding carboxylic acids is 1. The van der Waals surface area contributed by atoms with Crippen LogP contribution in [0.15, 0.2) is 23.1 Å². The lowest BCUT2D eigenvalue weighted by Crippen LogP contribution is -2.38. The van der Waals surface area contributed by atoms with Crippen LogP contribution in [0.25, 0.3) is 0 Å². The maximum absolute atomic E-state index is 13.2. The van der Waals surface area contributed by atoms with Gasteiger partial charge in [-0.05, 0) is 25.1 Å². The Bertz CT molecular complexity index is 460. The topological polar surface area (TPSA) is 61.4 Å². The molecule has 0 fully saturated rings. The van der Waals surface area contributed by atoms with Crippen molar-refractivity contribution in [1.82, 2.24) is 5.32 Å². The average Bonchev–Trinajstić information content (AvgIpc) is 2.37. The number of hydrogen-bond acceptors (Lipinski definition) is 3. The molecule has 0 heterocycles. The second-order valence-electron chi connectivity index (χ2n) is 4.02. The zero-order valence-electron chi connectivity index (χ0n) is 10.7. The van der Waals surface area contributed by atoms with Crippen LogP contribution in [0.1, 0.15) is 6.92 Å². The highest BCUT2D eigenvalue weighted by Crippen LogP contribution is 2.29. The predicted molar refractivity (Wildman–Crippen MR) is 71.8 cm³/mol. The molecule has 3 N–H and O–H groups in total. The first-order chi connectivity index (χ1) is 9.42. The van der Waals surface area contributed by atoms with E-state index in [0.29, 0.717) is 4.90 Å². The lowest BCUT2D eigenvalue weighted by molar-refractivity contribution is 0.177. The molecule has 0 spiro atoms. The average molecular weight is 308 g/mol. The maximum Gasteiger partial charge on any atom is 0.319 e. The van der Waals surface area contributed by atoms with Gasteiger partial charge in [0.15, 0.2) is 0 Å². The molecule has 0 bridgehead atoms. The van der Waals surface area contributed by atoms with E-state index in [1.54, 1.807) is 6.92 Å². The largest absolute Gasteiger partial charge is 0.394 e. The number of halogens is 3. The number of alkyl halides is 2. The molecular formula is C12H15F3N2O2S. The second-order valence-corrected chi connectivity index (χ2v) is 5.09. The summed E-state index contributed by atoms with van der Waals surface area (Å²) < 4.78 is 37.5. The summed E-state index contributed by atoms with van der Waals surface area (Å²) in [6.07, 6.45) is -2.50. The molecule has 0 aromatic heterocycles. The molecule has 1 aromatic carbocycles.